The van der Waals surface area contributed by atoms with Crippen molar-refractivity contribution in [1.29, 1.82) is 0 Å². The molecule has 0 fully saturated rings. The topological polar surface area (TPSA) is 41.6 Å². The van der Waals surface area contributed by atoms with Gasteiger partial charge in [-0.3, -0.25) is 9.69 Å². The highest BCUT2D eigenvalue weighted by Gasteiger charge is 2.10. The fourth-order valence-corrected chi connectivity index (χ4v) is 2.58. The Kier molecular flexibility index (Phi) is 6.38. The molecule has 2 rings (SSSR count). The number of ether oxygens (including phenoxy) is 1. The van der Waals surface area contributed by atoms with E-state index in [-0.39, 0.29) is 5.91 Å². The zero-order valence-electron chi connectivity index (χ0n) is 14.9. The molecule has 2 aromatic rings. The lowest BCUT2D eigenvalue weighted by atomic mass is 10.1. The third-order valence-electron chi connectivity index (χ3n) is 4.12. The molecule has 0 saturated carbocycles. The predicted octanol–water partition coefficient (Wildman–Crippen LogP) is 4.10. The number of methoxy groups -OCH3 is 1. The lowest BCUT2D eigenvalue weighted by Gasteiger charge is -2.18. The summed E-state index contributed by atoms with van der Waals surface area (Å²) in [6.07, 6.45) is 0. The quantitative estimate of drug-likeness (QED) is 0.833. The first-order valence-corrected chi connectivity index (χ1v) is 8.34. The third kappa shape index (κ3) is 4.59. The summed E-state index contributed by atoms with van der Waals surface area (Å²) in [6, 6.07) is 13.5. The van der Waals surface area contributed by atoms with Gasteiger partial charge in [-0.2, -0.15) is 0 Å². The predicted molar refractivity (Wildman–Crippen MR) is 98.8 cm³/mol. The zero-order valence-corrected chi connectivity index (χ0v) is 14.9. The highest BCUT2D eigenvalue weighted by molar-refractivity contribution is 6.05. The molecule has 0 aliphatic heterocycles. The molecule has 0 aliphatic rings. The van der Waals surface area contributed by atoms with Crippen LogP contribution in [-0.4, -0.2) is 31.0 Å². The number of aryl methyl sites for hydroxylation is 1. The first-order valence-electron chi connectivity index (χ1n) is 8.34. The number of benzene rings is 2. The normalized spacial score (nSPS) is 10.7. The van der Waals surface area contributed by atoms with Crippen molar-refractivity contribution in [2.24, 2.45) is 0 Å². The van der Waals surface area contributed by atoms with E-state index in [2.05, 4.69) is 24.1 Å². The molecule has 2 aromatic carbocycles. The number of hydrogen-bond donors (Lipinski definition) is 1. The molecule has 0 atom stereocenters. The molecule has 128 valence electrons. The Hall–Kier alpha value is -2.33. The largest absolute Gasteiger partial charge is 0.495 e. The maximum atomic E-state index is 12.5. The molecular weight excluding hydrogens is 300 g/mol. The van der Waals surface area contributed by atoms with Gasteiger partial charge in [0, 0.05) is 12.1 Å². The molecule has 0 unspecified atom stereocenters. The van der Waals surface area contributed by atoms with E-state index in [9.17, 15) is 4.79 Å². The van der Waals surface area contributed by atoms with Crippen molar-refractivity contribution >= 4 is 11.6 Å². The van der Waals surface area contributed by atoms with E-state index in [1.807, 2.05) is 49.4 Å². The van der Waals surface area contributed by atoms with Gasteiger partial charge < -0.3 is 10.1 Å². The van der Waals surface area contributed by atoms with Crippen molar-refractivity contribution in [2.75, 3.05) is 25.5 Å². The Morgan fingerprint density at radius 3 is 2.33 bits per heavy atom. The Bertz CT molecular complexity index is 677. The lowest BCUT2D eigenvalue weighted by Crippen LogP contribution is -2.22. The van der Waals surface area contributed by atoms with Gasteiger partial charge in [0.15, 0.2) is 0 Å². The Labute approximate surface area is 144 Å². The molecule has 1 amide bonds. The van der Waals surface area contributed by atoms with Gasteiger partial charge in [-0.25, -0.2) is 0 Å². The molecule has 0 aromatic heterocycles. The summed E-state index contributed by atoms with van der Waals surface area (Å²) < 4.78 is 5.30. The van der Waals surface area contributed by atoms with Crippen LogP contribution in [0.15, 0.2) is 42.5 Å². The van der Waals surface area contributed by atoms with Crippen molar-refractivity contribution in [3.05, 3.63) is 59.2 Å². The first kappa shape index (κ1) is 18.0. The van der Waals surface area contributed by atoms with E-state index in [4.69, 9.17) is 4.74 Å². The summed E-state index contributed by atoms with van der Waals surface area (Å²) in [5, 5.41) is 2.93. The zero-order chi connectivity index (χ0) is 17.5. The lowest BCUT2D eigenvalue weighted by molar-refractivity contribution is 0.102. The van der Waals surface area contributed by atoms with E-state index < -0.39 is 0 Å². The summed E-state index contributed by atoms with van der Waals surface area (Å²) in [4.78, 5) is 14.8. The molecule has 4 heteroatoms. The summed E-state index contributed by atoms with van der Waals surface area (Å²) in [5.41, 5.74) is 3.61. The van der Waals surface area contributed by atoms with Crippen LogP contribution in [0, 0.1) is 6.92 Å². The van der Waals surface area contributed by atoms with E-state index >= 15 is 0 Å². The molecular formula is C20H26N2O2. The van der Waals surface area contributed by atoms with Crippen LogP contribution in [0.25, 0.3) is 0 Å². The summed E-state index contributed by atoms with van der Waals surface area (Å²) in [7, 11) is 1.60. The van der Waals surface area contributed by atoms with Gasteiger partial charge >= 0.3 is 0 Å². The number of nitrogens with zero attached hydrogens (tertiary/aromatic N) is 1. The maximum Gasteiger partial charge on any atom is 0.255 e. The minimum atomic E-state index is -0.131. The minimum absolute atomic E-state index is 0.131. The van der Waals surface area contributed by atoms with Crippen LogP contribution in [0.5, 0.6) is 5.75 Å². The van der Waals surface area contributed by atoms with E-state index in [0.717, 1.165) is 25.2 Å². The second-order valence-electron chi connectivity index (χ2n) is 5.82. The van der Waals surface area contributed by atoms with E-state index in [1.54, 1.807) is 7.11 Å². The first-order chi connectivity index (χ1) is 11.6. The summed E-state index contributed by atoms with van der Waals surface area (Å²) in [5.74, 6) is 0.528. The van der Waals surface area contributed by atoms with Crippen LogP contribution in [0.3, 0.4) is 0 Å². The number of rotatable bonds is 7. The Balaban J connectivity index is 2.09. The van der Waals surface area contributed by atoms with Gasteiger partial charge in [-0.05, 0) is 55.4 Å². The average Bonchev–Trinajstić information content (AvgIpc) is 2.60. The fraction of sp³-hybridized carbons (Fsp3) is 0.350. The highest BCUT2D eigenvalue weighted by atomic mass is 16.5. The number of hydrogen-bond acceptors (Lipinski definition) is 3. The number of carbonyl (C=O) groups excluding carboxylic acids is 1. The summed E-state index contributed by atoms with van der Waals surface area (Å²) >= 11 is 0. The fourth-order valence-electron chi connectivity index (χ4n) is 2.58. The smallest absolute Gasteiger partial charge is 0.255 e. The molecule has 0 spiro atoms. The van der Waals surface area contributed by atoms with Gasteiger partial charge in [0.25, 0.3) is 5.91 Å². The minimum Gasteiger partial charge on any atom is -0.495 e. The van der Waals surface area contributed by atoms with Crippen molar-refractivity contribution in [3.63, 3.8) is 0 Å². The van der Waals surface area contributed by atoms with Crippen LogP contribution in [0.1, 0.15) is 35.3 Å². The van der Waals surface area contributed by atoms with Gasteiger partial charge in [-0.1, -0.05) is 32.0 Å². The average molecular weight is 326 g/mol. The highest BCUT2D eigenvalue weighted by Crippen LogP contribution is 2.25. The van der Waals surface area contributed by atoms with Gasteiger partial charge in [0.1, 0.15) is 5.75 Å². The molecule has 4 nitrogen and oxygen atoms in total. The maximum absolute atomic E-state index is 12.5. The monoisotopic (exact) mass is 326 g/mol. The van der Waals surface area contributed by atoms with Gasteiger partial charge in [0.05, 0.1) is 12.8 Å². The second kappa shape index (κ2) is 8.50. The van der Waals surface area contributed by atoms with Crippen molar-refractivity contribution in [1.82, 2.24) is 4.90 Å². The number of nitrogens with one attached hydrogen (secondary N) is 1. The second-order valence-corrected chi connectivity index (χ2v) is 5.82. The van der Waals surface area contributed by atoms with Crippen LogP contribution in [-0.2, 0) is 6.54 Å². The van der Waals surface area contributed by atoms with Crippen LogP contribution >= 0.6 is 0 Å². The number of anilines is 1. The number of amides is 1. The molecule has 0 radical (unpaired) electrons. The molecule has 0 saturated heterocycles. The third-order valence-corrected chi connectivity index (χ3v) is 4.12. The number of carbonyl (C=O) groups is 1. The Morgan fingerprint density at radius 1 is 1.08 bits per heavy atom. The van der Waals surface area contributed by atoms with Crippen LogP contribution in [0.4, 0.5) is 5.69 Å². The molecule has 0 heterocycles. The van der Waals surface area contributed by atoms with Crippen LogP contribution < -0.4 is 10.1 Å². The van der Waals surface area contributed by atoms with E-state index in [0.29, 0.717) is 17.0 Å². The SMILES string of the molecule is CCN(CC)Cc1ccc(C(=O)Nc2cc(C)ccc2OC)cc1. The van der Waals surface area contributed by atoms with Crippen molar-refractivity contribution in [3.8, 4) is 5.75 Å². The molecule has 24 heavy (non-hydrogen) atoms. The van der Waals surface area contributed by atoms with Gasteiger partial charge in [0.2, 0.25) is 0 Å². The van der Waals surface area contributed by atoms with E-state index in [1.165, 1.54) is 5.56 Å². The summed E-state index contributed by atoms with van der Waals surface area (Å²) in [6.45, 7) is 9.23. The van der Waals surface area contributed by atoms with Crippen LogP contribution in [0.2, 0.25) is 0 Å². The standard InChI is InChI=1S/C20H26N2O2/c1-5-22(6-2)14-16-8-10-17(11-9-16)20(23)21-18-13-15(3)7-12-19(18)24-4/h7-13H,5-6,14H2,1-4H3,(H,21,23). The molecule has 0 aliphatic carbocycles. The van der Waals surface area contributed by atoms with Crippen molar-refractivity contribution in [2.45, 2.75) is 27.3 Å². The molecule has 1 N–H and O–H groups in total. The van der Waals surface area contributed by atoms with Crippen molar-refractivity contribution < 1.29 is 9.53 Å². The molecule has 0 bridgehead atoms. The van der Waals surface area contributed by atoms with Gasteiger partial charge in [-0.15, -0.1) is 0 Å². The Morgan fingerprint density at radius 2 is 1.75 bits per heavy atom.